The molecule has 0 fully saturated rings. The topological polar surface area (TPSA) is 18.1 Å². The molecule has 53 heavy (non-hydrogen) atoms. The molecule has 2 aromatic heterocycles. The first-order chi connectivity index (χ1) is 26.0. The number of hydrogen-bond acceptors (Lipinski definition) is 1. The van der Waals surface area contributed by atoms with Crippen molar-refractivity contribution in [2.24, 2.45) is 0 Å². The summed E-state index contributed by atoms with van der Waals surface area (Å²) in [5.41, 5.74) is 17.3. The number of aromatic nitrogens is 1. The molecule has 0 spiro atoms. The SMILES string of the molecule is CC1(C)c2cc(-c3ccc4c(c3)c3cc(-c5ccc(-c6ccccc6)cc5)c#cc3n4-c3ccccc3)ccc2-c2ccc3oc4ccccc4c3c21. The van der Waals surface area contributed by atoms with Gasteiger partial charge in [0.05, 0.1) is 5.52 Å². The first kappa shape index (κ1) is 29.9. The van der Waals surface area contributed by atoms with Crippen molar-refractivity contribution >= 4 is 43.7 Å². The molecule has 2 heteroatoms. The molecule has 8 aromatic carbocycles. The minimum absolute atomic E-state index is 0.198. The van der Waals surface area contributed by atoms with Gasteiger partial charge in [0.25, 0.3) is 0 Å². The molecular weight excluding hydrogens is 643 g/mol. The molecule has 10 aromatic rings. The van der Waals surface area contributed by atoms with Gasteiger partial charge >= 0.3 is 0 Å². The van der Waals surface area contributed by atoms with Crippen molar-refractivity contribution in [3.05, 3.63) is 187 Å². The Morgan fingerprint density at radius 3 is 1.98 bits per heavy atom. The Hall–Kier alpha value is -6.82. The summed E-state index contributed by atoms with van der Waals surface area (Å²) in [4.78, 5) is 0. The summed E-state index contributed by atoms with van der Waals surface area (Å²) < 4.78 is 8.64. The second-order valence-electron chi connectivity index (χ2n) is 14.8. The fraction of sp³-hybridized carbons (Fsp3) is 0.0588. The van der Waals surface area contributed by atoms with Crippen LogP contribution in [0.3, 0.4) is 0 Å². The third-order valence-electron chi connectivity index (χ3n) is 11.4. The maximum Gasteiger partial charge on any atom is 0.135 e. The van der Waals surface area contributed by atoms with Crippen LogP contribution in [-0.2, 0) is 5.41 Å². The lowest BCUT2D eigenvalue weighted by Crippen LogP contribution is -2.15. The molecule has 0 unspecified atom stereocenters. The zero-order valence-corrected chi connectivity index (χ0v) is 29.4. The molecule has 0 amide bonds. The van der Waals surface area contributed by atoms with Crippen molar-refractivity contribution in [2.75, 3.05) is 0 Å². The lowest BCUT2D eigenvalue weighted by atomic mass is 9.80. The van der Waals surface area contributed by atoms with Gasteiger partial charge in [-0.2, -0.15) is 0 Å². The molecule has 2 heterocycles. The van der Waals surface area contributed by atoms with Gasteiger partial charge in [0, 0.05) is 38.2 Å². The highest BCUT2D eigenvalue weighted by atomic mass is 16.3. The standard InChI is InChI=1S/C51H33NO/c1-51(2)44-31-37(21-24-39(44)40-25-28-48-49(50(40)51)41-15-9-10-16-47(41)53-48)36-23-27-46-43(30-36)42-29-35(22-26-45(42)52(46)38-13-7-4-8-14-38)34-19-17-33(18-20-34)32-11-5-3-6-12-32/h3-21,23-25,27-31H,1-2H3. The molecular formula is C51H33NO. The summed E-state index contributed by atoms with van der Waals surface area (Å²) in [6.45, 7) is 4.72. The largest absolute Gasteiger partial charge is 0.456 e. The van der Waals surface area contributed by atoms with Gasteiger partial charge in [0.15, 0.2) is 0 Å². The molecule has 0 N–H and O–H groups in total. The minimum Gasteiger partial charge on any atom is -0.456 e. The van der Waals surface area contributed by atoms with Crippen molar-refractivity contribution in [3.63, 3.8) is 0 Å². The van der Waals surface area contributed by atoms with Crippen LogP contribution in [-0.4, -0.2) is 4.57 Å². The van der Waals surface area contributed by atoms with E-state index in [4.69, 9.17) is 4.42 Å². The number of rotatable bonds is 4. The molecule has 11 rings (SSSR count). The third kappa shape index (κ3) is 4.41. The summed E-state index contributed by atoms with van der Waals surface area (Å²) in [5, 5.41) is 4.77. The summed E-state index contributed by atoms with van der Waals surface area (Å²) in [6, 6.07) is 66.0. The van der Waals surface area contributed by atoms with Gasteiger partial charge in [-0.25, -0.2) is 0 Å². The van der Waals surface area contributed by atoms with Crippen LogP contribution in [0.4, 0.5) is 0 Å². The zero-order chi connectivity index (χ0) is 35.3. The van der Waals surface area contributed by atoms with Crippen LogP contribution in [0.5, 0.6) is 0 Å². The van der Waals surface area contributed by atoms with Crippen LogP contribution in [0.25, 0.3) is 93.9 Å². The molecule has 0 saturated carbocycles. The maximum atomic E-state index is 6.33. The Morgan fingerprint density at radius 2 is 1.15 bits per heavy atom. The molecule has 0 bridgehead atoms. The van der Waals surface area contributed by atoms with Crippen LogP contribution in [0.1, 0.15) is 25.0 Å². The van der Waals surface area contributed by atoms with Gasteiger partial charge in [-0.3, -0.25) is 0 Å². The fourth-order valence-corrected chi connectivity index (χ4v) is 8.85. The Balaban J connectivity index is 1.06. The van der Waals surface area contributed by atoms with E-state index in [9.17, 15) is 0 Å². The Morgan fingerprint density at radius 1 is 0.491 bits per heavy atom. The number of benzene rings is 7. The Kier molecular flexibility index (Phi) is 6.25. The molecule has 0 saturated heterocycles. The number of fused-ring (bicyclic) bond motifs is 10. The summed E-state index contributed by atoms with van der Waals surface area (Å²) >= 11 is 0. The summed E-state index contributed by atoms with van der Waals surface area (Å²) in [7, 11) is 0. The minimum atomic E-state index is -0.198. The van der Waals surface area contributed by atoms with E-state index in [2.05, 4.69) is 188 Å². The quantitative estimate of drug-likeness (QED) is 0.182. The number of furan rings is 1. The molecule has 0 aliphatic heterocycles. The van der Waals surface area contributed by atoms with E-state index in [0.29, 0.717) is 0 Å². The van der Waals surface area contributed by atoms with Crippen molar-refractivity contribution in [3.8, 4) is 50.2 Å². The highest BCUT2D eigenvalue weighted by Crippen LogP contribution is 2.53. The molecule has 1 aliphatic carbocycles. The second-order valence-corrected chi connectivity index (χ2v) is 14.8. The molecule has 0 radical (unpaired) electrons. The highest BCUT2D eigenvalue weighted by molar-refractivity contribution is 6.12. The summed E-state index contributed by atoms with van der Waals surface area (Å²) in [5.74, 6) is 0. The maximum absolute atomic E-state index is 6.33. The van der Waals surface area contributed by atoms with Crippen molar-refractivity contribution < 1.29 is 4.42 Å². The lowest BCUT2D eigenvalue weighted by molar-refractivity contribution is 0.657. The fourth-order valence-electron chi connectivity index (χ4n) is 8.85. The van der Waals surface area contributed by atoms with Crippen molar-refractivity contribution in [2.45, 2.75) is 19.3 Å². The predicted molar refractivity (Wildman–Crippen MR) is 220 cm³/mol. The van der Waals surface area contributed by atoms with Crippen LogP contribution in [0.2, 0.25) is 0 Å². The Labute approximate surface area is 308 Å². The third-order valence-corrected chi connectivity index (χ3v) is 11.4. The Bertz CT molecular complexity index is 3050. The monoisotopic (exact) mass is 675 g/mol. The van der Waals surface area contributed by atoms with E-state index < -0.39 is 0 Å². The second kappa shape index (κ2) is 11.1. The average Bonchev–Trinajstić information content (AvgIpc) is 3.83. The number of hydrogen-bond donors (Lipinski definition) is 0. The van der Waals surface area contributed by atoms with E-state index in [1.807, 2.05) is 6.07 Å². The van der Waals surface area contributed by atoms with Crippen LogP contribution < -0.4 is 0 Å². The van der Waals surface area contributed by atoms with Crippen LogP contribution in [0, 0.1) is 12.1 Å². The van der Waals surface area contributed by atoms with Crippen LogP contribution in [0.15, 0.2) is 168 Å². The van der Waals surface area contributed by atoms with Crippen LogP contribution >= 0.6 is 0 Å². The smallest absolute Gasteiger partial charge is 0.135 e. The molecule has 248 valence electrons. The van der Waals surface area contributed by atoms with Gasteiger partial charge in [-0.15, -0.1) is 0 Å². The lowest BCUT2D eigenvalue weighted by Gasteiger charge is -2.23. The van der Waals surface area contributed by atoms with Gasteiger partial charge in [0.2, 0.25) is 0 Å². The molecule has 0 atom stereocenters. The van der Waals surface area contributed by atoms with Crippen molar-refractivity contribution in [1.82, 2.24) is 4.57 Å². The van der Waals surface area contributed by atoms with E-state index in [0.717, 1.165) is 44.4 Å². The first-order valence-electron chi connectivity index (χ1n) is 18.3. The van der Waals surface area contributed by atoms with Gasteiger partial charge < -0.3 is 8.98 Å². The highest BCUT2D eigenvalue weighted by Gasteiger charge is 2.38. The van der Waals surface area contributed by atoms with E-state index in [1.54, 1.807) is 0 Å². The average molecular weight is 676 g/mol. The van der Waals surface area contributed by atoms with Crippen molar-refractivity contribution in [1.29, 1.82) is 0 Å². The normalized spacial score (nSPS) is 13.1. The van der Waals surface area contributed by atoms with E-state index in [-0.39, 0.29) is 5.41 Å². The zero-order valence-electron chi connectivity index (χ0n) is 29.4. The van der Waals surface area contributed by atoms with Gasteiger partial charge in [-0.05, 0) is 105 Å². The van der Waals surface area contributed by atoms with Gasteiger partial charge in [-0.1, -0.05) is 135 Å². The predicted octanol–water partition coefficient (Wildman–Crippen LogP) is 13.6. The molecule has 2 nitrogen and oxygen atoms in total. The summed E-state index contributed by atoms with van der Waals surface area (Å²) in [6.07, 6.45) is 0. The van der Waals surface area contributed by atoms with E-state index >= 15 is 0 Å². The number of nitrogens with zero attached hydrogens (tertiary/aromatic N) is 1. The van der Waals surface area contributed by atoms with E-state index in [1.165, 1.54) is 60.7 Å². The first-order valence-corrected chi connectivity index (χ1v) is 18.3. The molecule has 1 aliphatic rings. The number of para-hydroxylation sites is 2. The van der Waals surface area contributed by atoms with Gasteiger partial charge in [0.1, 0.15) is 16.7 Å².